The molecule has 1 aliphatic carbocycles. The van der Waals surface area contributed by atoms with Crippen molar-refractivity contribution in [2.45, 2.75) is 69.6 Å². The van der Waals surface area contributed by atoms with E-state index in [1.165, 1.54) is 47.3 Å². The monoisotopic (exact) mass is 701 g/mol. The molecule has 1 saturated heterocycles. The molecule has 0 amide bonds. The van der Waals surface area contributed by atoms with Crippen molar-refractivity contribution >= 4 is 11.3 Å². The maximum absolute atomic E-state index is 7.00. The highest BCUT2D eigenvalue weighted by Crippen LogP contribution is 2.44. The molecule has 2 N–H and O–H groups in total. The van der Waals surface area contributed by atoms with Crippen LogP contribution < -0.4 is 5.73 Å². The third kappa shape index (κ3) is 9.26. The Morgan fingerprint density at radius 1 is 0.784 bits per heavy atom. The van der Waals surface area contributed by atoms with Crippen molar-refractivity contribution in [3.05, 3.63) is 147 Å². The van der Waals surface area contributed by atoms with Crippen LogP contribution in [0.15, 0.2) is 113 Å². The minimum Gasteiger partial charge on any atom is -0.442 e. The number of hydrogen-bond acceptors (Lipinski definition) is 7. The summed E-state index contributed by atoms with van der Waals surface area (Å²) in [6, 6.07) is 37.0. The summed E-state index contributed by atoms with van der Waals surface area (Å²) in [6.07, 6.45) is 7.56. The fourth-order valence-corrected chi connectivity index (χ4v) is 9.61. The fraction of sp³-hybridized carbons (Fsp3) is 0.432. The van der Waals surface area contributed by atoms with Crippen LogP contribution in [0.3, 0.4) is 0 Å². The highest BCUT2D eigenvalue weighted by atomic mass is 32.1. The molecule has 6 nitrogen and oxygen atoms in total. The second-order valence-corrected chi connectivity index (χ2v) is 16.1. The maximum Gasteiger partial charge on any atom is 0.212 e. The molecule has 3 unspecified atom stereocenters. The summed E-state index contributed by atoms with van der Waals surface area (Å²) in [5, 5.41) is 2.23. The standard InChI is InChI=1S/C44H55N5OS/c1-47(2)42(41-19-12-28-51-41)37-22-20-35(21-23-37)31-40(49-26-24-48(25-27-49)32-36-17-10-5-11-18-36)44-46-39(30-34-15-8-4-9-16-34)43(50-44)38(45)29-33-13-6-3-7-14-33/h3-19,28,35,37-38,40,42H,20-27,29-32,45H2,1-2H3. The van der Waals surface area contributed by atoms with Crippen molar-refractivity contribution in [2.75, 3.05) is 40.3 Å². The summed E-state index contributed by atoms with van der Waals surface area (Å²) in [6.45, 7) is 5.10. The zero-order valence-electron chi connectivity index (χ0n) is 30.4. The van der Waals surface area contributed by atoms with Gasteiger partial charge in [-0.05, 0) is 79.8 Å². The predicted octanol–water partition coefficient (Wildman–Crippen LogP) is 8.93. The van der Waals surface area contributed by atoms with Gasteiger partial charge in [0.15, 0.2) is 0 Å². The second-order valence-electron chi connectivity index (χ2n) is 15.1. The van der Waals surface area contributed by atoms with Gasteiger partial charge in [0.2, 0.25) is 5.89 Å². The highest BCUT2D eigenvalue weighted by molar-refractivity contribution is 7.10. The predicted molar refractivity (Wildman–Crippen MR) is 210 cm³/mol. The molecule has 7 heteroatoms. The van der Waals surface area contributed by atoms with Gasteiger partial charge in [0.25, 0.3) is 0 Å². The first-order valence-corrected chi connectivity index (χ1v) is 19.9. The van der Waals surface area contributed by atoms with Crippen LogP contribution in [0, 0.1) is 11.8 Å². The first kappa shape index (κ1) is 35.8. The van der Waals surface area contributed by atoms with Gasteiger partial charge in [-0.1, -0.05) is 110 Å². The van der Waals surface area contributed by atoms with Crippen LogP contribution in [0.25, 0.3) is 0 Å². The Kier molecular flexibility index (Phi) is 12.1. The van der Waals surface area contributed by atoms with Crippen molar-refractivity contribution in [2.24, 2.45) is 17.6 Å². The third-order valence-electron chi connectivity index (χ3n) is 11.3. The first-order chi connectivity index (χ1) is 25.0. The summed E-state index contributed by atoms with van der Waals surface area (Å²) < 4.78 is 6.94. The van der Waals surface area contributed by atoms with Crippen molar-refractivity contribution in [3.63, 3.8) is 0 Å². The fourth-order valence-electron chi connectivity index (χ4n) is 8.60. The van der Waals surface area contributed by atoms with Gasteiger partial charge in [0.1, 0.15) is 5.76 Å². The van der Waals surface area contributed by atoms with Gasteiger partial charge in [-0.15, -0.1) is 11.3 Å². The molecule has 268 valence electrons. The number of nitrogens with two attached hydrogens (primary N) is 1. The molecule has 51 heavy (non-hydrogen) atoms. The second kappa shape index (κ2) is 17.3. The van der Waals surface area contributed by atoms with Crippen LogP contribution in [0.4, 0.5) is 0 Å². The highest BCUT2D eigenvalue weighted by Gasteiger charge is 2.36. The Labute approximate surface area is 309 Å². The molecular weight excluding hydrogens is 647 g/mol. The summed E-state index contributed by atoms with van der Waals surface area (Å²) >= 11 is 1.90. The Bertz CT molecular complexity index is 1730. The molecule has 2 fully saturated rings. The molecular formula is C44H55N5OS. The van der Waals surface area contributed by atoms with Crippen molar-refractivity contribution in [1.82, 2.24) is 19.7 Å². The van der Waals surface area contributed by atoms with E-state index in [0.29, 0.717) is 17.9 Å². The van der Waals surface area contributed by atoms with E-state index < -0.39 is 0 Å². The SMILES string of the molecule is CN(C)C(c1cccs1)C1CCC(CC(c2nc(Cc3ccccc3)c(C(N)Cc3ccccc3)o2)N2CCN(Cc3ccccc3)CC2)CC1. The van der Waals surface area contributed by atoms with Crippen molar-refractivity contribution < 1.29 is 4.42 Å². The average Bonchev–Trinajstić information content (AvgIpc) is 3.84. The minimum atomic E-state index is -0.258. The van der Waals surface area contributed by atoms with E-state index in [1.807, 2.05) is 11.3 Å². The van der Waals surface area contributed by atoms with Gasteiger partial charge in [-0.25, -0.2) is 4.98 Å². The molecule has 0 bridgehead atoms. The molecule has 0 spiro atoms. The van der Waals surface area contributed by atoms with E-state index in [9.17, 15) is 0 Å². The van der Waals surface area contributed by atoms with Gasteiger partial charge in [0.05, 0.1) is 17.8 Å². The summed E-state index contributed by atoms with van der Waals surface area (Å²) in [5.74, 6) is 3.05. The van der Waals surface area contributed by atoms with E-state index in [4.69, 9.17) is 15.1 Å². The number of hydrogen-bond donors (Lipinski definition) is 1. The number of nitrogens with zero attached hydrogens (tertiary/aromatic N) is 4. The number of oxazole rings is 1. The van der Waals surface area contributed by atoms with Crippen LogP contribution in [0.5, 0.6) is 0 Å². The van der Waals surface area contributed by atoms with E-state index in [0.717, 1.165) is 69.3 Å². The zero-order valence-corrected chi connectivity index (χ0v) is 31.3. The molecule has 7 rings (SSSR count). The van der Waals surface area contributed by atoms with Crippen LogP contribution >= 0.6 is 11.3 Å². The Balaban J connectivity index is 1.13. The molecule has 3 aromatic carbocycles. The summed E-state index contributed by atoms with van der Waals surface area (Å²) in [7, 11) is 4.50. The van der Waals surface area contributed by atoms with Crippen LogP contribution in [0.1, 0.15) is 89.1 Å². The molecule has 1 aliphatic heterocycles. The lowest BCUT2D eigenvalue weighted by Crippen LogP contribution is -2.47. The lowest BCUT2D eigenvalue weighted by Gasteiger charge is -2.41. The largest absolute Gasteiger partial charge is 0.442 e. The van der Waals surface area contributed by atoms with E-state index in [-0.39, 0.29) is 12.1 Å². The van der Waals surface area contributed by atoms with Crippen molar-refractivity contribution in [1.29, 1.82) is 0 Å². The quantitative estimate of drug-likeness (QED) is 0.125. The molecule has 2 aromatic heterocycles. The van der Waals surface area contributed by atoms with Gasteiger partial charge < -0.3 is 15.1 Å². The molecule has 1 saturated carbocycles. The Morgan fingerprint density at radius 3 is 2.02 bits per heavy atom. The number of thiophene rings is 1. The zero-order chi connectivity index (χ0) is 35.0. The topological polar surface area (TPSA) is 61.8 Å². The van der Waals surface area contributed by atoms with Gasteiger partial charge >= 0.3 is 0 Å². The summed E-state index contributed by atoms with van der Waals surface area (Å²) in [4.78, 5) is 14.6. The lowest BCUT2D eigenvalue weighted by atomic mass is 9.75. The normalized spacial score (nSPS) is 20.7. The average molecular weight is 702 g/mol. The Hall–Kier alpha value is -3.59. The van der Waals surface area contributed by atoms with E-state index in [2.05, 4.69) is 137 Å². The smallest absolute Gasteiger partial charge is 0.212 e. The lowest BCUT2D eigenvalue weighted by molar-refractivity contribution is 0.0586. The molecule has 3 atom stereocenters. The number of rotatable bonds is 14. The van der Waals surface area contributed by atoms with Crippen molar-refractivity contribution in [3.8, 4) is 0 Å². The molecule has 5 aromatic rings. The number of piperazine rings is 1. The van der Waals surface area contributed by atoms with Crippen LogP contribution in [0.2, 0.25) is 0 Å². The van der Waals surface area contributed by atoms with Gasteiger partial charge in [-0.2, -0.15) is 0 Å². The van der Waals surface area contributed by atoms with Gasteiger partial charge in [0, 0.05) is 50.1 Å². The third-order valence-corrected chi connectivity index (χ3v) is 12.2. The molecule has 2 aliphatic rings. The summed E-state index contributed by atoms with van der Waals surface area (Å²) in [5.41, 5.74) is 11.8. The maximum atomic E-state index is 7.00. The Morgan fingerprint density at radius 2 is 1.41 bits per heavy atom. The molecule has 0 radical (unpaired) electrons. The minimum absolute atomic E-state index is 0.138. The first-order valence-electron chi connectivity index (χ1n) is 19.0. The van der Waals surface area contributed by atoms with Crippen LogP contribution in [-0.4, -0.2) is 60.0 Å². The van der Waals surface area contributed by atoms with Gasteiger partial charge in [-0.3, -0.25) is 9.80 Å². The number of benzene rings is 3. The van der Waals surface area contributed by atoms with E-state index in [1.54, 1.807) is 0 Å². The van der Waals surface area contributed by atoms with Crippen LogP contribution in [-0.2, 0) is 19.4 Å². The van der Waals surface area contributed by atoms with E-state index >= 15 is 0 Å². The number of aromatic nitrogens is 1. The molecule has 3 heterocycles.